The number of nitrogens with two attached hydrogens (primary N) is 1. The van der Waals surface area contributed by atoms with E-state index in [2.05, 4.69) is 9.47 Å². The monoisotopic (exact) mass is 379 g/mol. The van der Waals surface area contributed by atoms with Gasteiger partial charge in [-0.15, -0.1) is 12.4 Å². The molecule has 0 radical (unpaired) electrons. The molecule has 12 heteroatoms. The number of aliphatic carboxylic acids is 2. The first-order chi connectivity index (χ1) is 11.1. The van der Waals surface area contributed by atoms with Crippen LogP contribution in [0.1, 0.15) is 12.8 Å². The molecule has 11 nitrogen and oxygen atoms in total. The molecule has 0 unspecified atom stereocenters. The zero-order valence-electron chi connectivity index (χ0n) is 12.4. The second kappa shape index (κ2) is 12.4. The molecule has 1 atom stereocenters. The Kier molecular flexibility index (Phi) is 12.0. The predicted octanol–water partition coefficient (Wildman–Crippen LogP) is -1.06. The van der Waals surface area contributed by atoms with Crippen molar-refractivity contribution in [2.75, 3.05) is 0 Å². The Morgan fingerprint density at radius 1 is 0.840 bits per heavy atom. The van der Waals surface area contributed by atoms with Crippen molar-refractivity contribution in [3.05, 3.63) is 24.3 Å². The molecule has 25 heavy (non-hydrogen) atoms. The van der Waals surface area contributed by atoms with Crippen molar-refractivity contribution in [1.82, 2.24) is 0 Å². The number of ether oxygens (including phenoxy) is 2. The molecule has 0 bridgehead atoms. The van der Waals surface area contributed by atoms with Crippen LogP contribution in [0.4, 0.5) is 0 Å². The molecule has 0 heterocycles. The maximum atomic E-state index is 11.4. The van der Waals surface area contributed by atoms with Gasteiger partial charge in [0.1, 0.15) is 6.04 Å². The Hall–Kier alpha value is -3.05. The van der Waals surface area contributed by atoms with Gasteiger partial charge in [-0.3, -0.25) is 4.79 Å². The van der Waals surface area contributed by atoms with Crippen molar-refractivity contribution >= 4 is 48.2 Å². The van der Waals surface area contributed by atoms with Crippen LogP contribution in [0, 0.1) is 0 Å². The largest absolute Gasteiger partial charge is 0.478 e. The van der Waals surface area contributed by atoms with Gasteiger partial charge in [0.25, 0.3) is 0 Å². The molecular formula is C13H14ClNO10. The molecule has 0 saturated heterocycles. The van der Waals surface area contributed by atoms with E-state index in [-0.39, 0.29) is 18.8 Å². The fourth-order valence-electron chi connectivity index (χ4n) is 1.08. The van der Waals surface area contributed by atoms with E-state index in [9.17, 15) is 28.8 Å². The van der Waals surface area contributed by atoms with Gasteiger partial charge in [-0.05, 0) is 6.42 Å². The maximum absolute atomic E-state index is 11.4. The normalized spacial score (nSPS) is 11.4. The zero-order chi connectivity index (χ0) is 18.7. The summed E-state index contributed by atoms with van der Waals surface area (Å²) in [5, 5.41) is 16.5. The smallest absolute Gasteiger partial charge is 0.338 e. The Balaban J connectivity index is 0. The lowest BCUT2D eigenvalue weighted by Gasteiger charge is -2.08. The van der Waals surface area contributed by atoms with Crippen LogP contribution in [-0.4, -0.2) is 52.1 Å². The fraction of sp³-hybridized carbons (Fsp3) is 0.231. The van der Waals surface area contributed by atoms with E-state index >= 15 is 0 Å². The number of rotatable bonds is 8. The zero-order valence-corrected chi connectivity index (χ0v) is 13.3. The van der Waals surface area contributed by atoms with E-state index in [1.54, 1.807) is 0 Å². The van der Waals surface area contributed by atoms with Crippen LogP contribution in [0.15, 0.2) is 24.3 Å². The van der Waals surface area contributed by atoms with Crippen LogP contribution >= 0.6 is 12.4 Å². The molecule has 0 aromatic rings. The van der Waals surface area contributed by atoms with Crippen molar-refractivity contribution in [3.63, 3.8) is 0 Å². The summed E-state index contributed by atoms with van der Waals surface area (Å²) in [6, 6.07) is -1.40. The number of esters is 4. The molecule has 0 aliphatic rings. The molecule has 0 aliphatic heterocycles. The third kappa shape index (κ3) is 13.1. The summed E-state index contributed by atoms with van der Waals surface area (Å²) >= 11 is 0. The number of carboxylic acid groups (broad SMARTS) is 2. The second-order valence-electron chi connectivity index (χ2n) is 4.02. The number of halogens is 1. The summed E-state index contributed by atoms with van der Waals surface area (Å²) in [6.45, 7) is 0. The molecule has 0 fully saturated rings. The minimum absolute atomic E-state index is 0. The predicted molar refractivity (Wildman–Crippen MR) is 80.2 cm³/mol. The van der Waals surface area contributed by atoms with Gasteiger partial charge >= 0.3 is 35.8 Å². The molecular weight excluding hydrogens is 366 g/mol. The highest BCUT2D eigenvalue weighted by Gasteiger charge is 2.20. The molecule has 4 N–H and O–H groups in total. The summed E-state index contributed by atoms with van der Waals surface area (Å²) in [6.07, 6.45) is 1.12. The summed E-state index contributed by atoms with van der Waals surface area (Å²) in [5.41, 5.74) is 5.35. The quantitative estimate of drug-likeness (QED) is 0.265. The lowest BCUT2D eigenvalue weighted by atomic mass is 10.2. The average molecular weight is 380 g/mol. The maximum Gasteiger partial charge on any atom is 0.338 e. The summed E-state index contributed by atoms with van der Waals surface area (Å²) in [5.74, 6) is -7.59. The summed E-state index contributed by atoms with van der Waals surface area (Å²) < 4.78 is 8.39. The molecule has 138 valence electrons. The average Bonchev–Trinajstić information content (AvgIpc) is 2.48. The van der Waals surface area contributed by atoms with Crippen LogP contribution in [0.3, 0.4) is 0 Å². The number of carbonyl (C=O) groups excluding carboxylic acids is 4. The number of carboxylic acids is 2. The molecule has 0 rings (SSSR count). The lowest BCUT2D eigenvalue weighted by Crippen LogP contribution is -2.34. The number of hydrogen-bond donors (Lipinski definition) is 3. The Morgan fingerprint density at radius 2 is 1.28 bits per heavy atom. The van der Waals surface area contributed by atoms with Gasteiger partial charge in [0.15, 0.2) is 0 Å². The number of hydrogen-bond acceptors (Lipinski definition) is 9. The molecule has 0 aliphatic carbocycles. The summed E-state index contributed by atoms with van der Waals surface area (Å²) in [4.78, 5) is 64.9. The third-order valence-electron chi connectivity index (χ3n) is 2.10. The molecule has 0 aromatic carbocycles. The van der Waals surface area contributed by atoms with E-state index in [0.29, 0.717) is 24.3 Å². The Labute approximate surface area is 146 Å². The van der Waals surface area contributed by atoms with Gasteiger partial charge < -0.3 is 25.4 Å². The highest BCUT2D eigenvalue weighted by Crippen LogP contribution is 2.01. The molecule has 0 aromatic heterocycles. The minimum Gasteiger partial charge on any atom is -0.478 e. The lowest BCUT2D eigenvalue weighted by molar-refractivity contribution is -0.157. The van der Waals surface area contributed by atoms with Crippen molar-refractivity contribution in [1.29, 1.82) is 0 Å². The highest BCUT2D eigenvalue weighted by atomic mass is 35.5. The van der Waals surface area contributed by atoms with Gasteiger partial charge in [0.2, 0.25) is 0 Å². The Morgan fingerprint density at radius 3 is 1.72 bits per heavy atom. The third-order valence-corrected chi connectivity index (χ3v) is 2.10. The SMILES string of the molecule is Cl.N[C@@H](CCC(=O)OC(=O)/C=C/C(=O)O)C(=O)OC(=O)/C=C/C(=O)O. The first kappa shape index (κ1) is 24.2. The van der Waals surface area contributed by atoms with E-state index < -0.39 is 48.3 Å². The van der Waals surface area contributed by atoms with Crippen LogP contribution < -0.4 is 5.73 Å². The van der Waals surface area contributed by atoms with Gasteiger partial charge in [0, 0.05) is 30.7 Å². The topological polar surface area (TPSA) is 187 Å². The van der Waals surface area contributed by atoms with Crippen LogP contribution in [-0.2, 0) is 38.2 Å². The van der Waals surface area contributed by atoms with Crippen molar-refractivity contribution in [3.8, 4) is 0 Å². The van der Waals surface area contributed by atoms with Crippen LogP contribution in [0.5, 0.6) is 0 Å². The molecule has 0 spiro atoms. The fourth-order valence-corrected chi connectivity index (χ4v) is 1.08. The van der Waals surface area contributed by atoms with Gasteiger partial charge in [-0.25, -0.2) is 24.0 Å². The van der Waals surface area contributed by atoms with E-state index in [1.807, 2.05) is 0 Å². The van der Waals surface area contributed by atoms with E-state index in [4.69, 9.17) is 15.9 Å². The van der Waals surface area contributed by atoms with Crippen LogP contribution in [0.25, 0.3) is 0 Å². The van der Waals surface area contributed by atoms with Gasteiger partial charge in [-0.2, -0.15) is 0 Å². The van der Waals surface area contributed by atoms with Crippen LogP contribution in [0.2, 0.25) is 0 Å². The van der Waals surface area contributed by atoms with Gasteiger partial charge in [0.05, 0.1) is 0 Å². The highest BCUT2D eigenvalue weighted by molar-refractivity contribution is 5.98. The minimum atomic E-state index is -1.42. The first-order valence-corrected chi connectivity index (χ1v) is 6.19. The molecule has 0 amide bonds. The van der Waals surface area contributed by atoms with Gasteiger partial charge in [-0.1, -0.05) is 0 Å². The van der Waals surface area contributed by atoms with Crippen molar-refractivity contribution in [2.45, 2.75) is 18.9 Å². The first-order valence-electron chi connectivity index (χ1n) is 6.19. The Bertz CT molecular complexity index is 610. The number of carbonyl (C=O) groups is 6. The second-order valence-corrected chi connectivity index (χ2v) is 4.02. The summed E-state index contributed by atoms with van der Waals surface area (Å²) in [7, 11) is 0. The van der Waals surface area contributed by atoms with E-state index in [0.717, 1.165) is 0 Å². The molecule has 0 saturated carbocycles. The van der Waals surface area contributed by atoms with Crippen molar-refractivity contribution < 1.29 is 48.5 Å². The van der Waals surface area contributed by atoms with E-state index in [1.165, 1.54) is 0 Å². The van der Waals surface area contributed by atoms with Crippen molar-refractivity contribution in [2.24, 2.45) is 5.73 Å². The standard InChI is InChI=1S/C13H13NO10.ClH/c14-7(13(22)24-12(21)6-3-9(17)18)1-4-10(19)23-11(20)5-2-8(15)16;/h2-3,5-7H,1,4,14H2,(H,15,16)(H,17,18);1H/b5-2+,6-3+;/t7-;/m0./s1.